The average molecular weight is 628 g/mol. The van der Waals surface area contributed by atoms with Crippen molar-refractivity contribution in [2.75, 3.05) is 36.5 Å². The van der Waals surface area contributed by atoms with E-state index in [1.54, 1.807) is 18.0 Å². The minimum absolute atomic E-state index is 0.0148. The number of aromatic nitrogens is 2. The number of benzene rings is 2. The second-order valence-corrected chi connectivity index (χ2v) is 12.6. The highest BCUT2D eigenvalue weighted by molar-refractivity contribution is 6.34. The summed E-state index contributed by atoms with van der Waals surface area (Å²) in [7, 11) is 1.58. The molecular weight excluding hydrogens is 597 g/mol. The number of pyridine rings is 2. The van der Waals surface area contributed by atoms with Gasteiger partial charge in [0.2, 0.25) is 11.8 Å². The van der Waals surface area contributed by atoms with Crippen LogP contribution in [0.1, 0.15) is 31.7 Å². The number of phenolic OH excluding ortho intramolecular Hbond substituents is 1. The predicted molar refractivity (Wildman–Crippen MR) is 172 cm³/mol. The fraction of sp³-hybridized carbons (Fsp3) is 0.294. The standard InChI is InChI=1S/C34H31ClFN5O4/c1-4-26(43)39-14-15-40-19(18-39)16-27(44)38(3)31-30(40)20-17-22(35)29(28-23(36)9-7-11-25(28)42)37-32(20)41(33(31)45)24-10-6-5-8-21(24)34(2)12-13-34/h4-11,17,19,42H,1,12-16,18H2,2-3H3/t19-/m0/s1. The zero-order valence-corrected chi connectivity index (χ0v) is 25.6. The number of carbonyl (C=O) groups excluding carboxylic acids is 2. The first kappa shape index (κ1) is 29.0. The van der Waals surface area contributed by atoms with E-state index >= 15 is 4.39 Å². The Kier molecular flexibility index (Phi) is 6.74. The Morgan fingerprint density at radius 1 is 1.13 bits per heavy atom. The Hall–Kier alpha value is -4.70. The van der Waals surface area contributed by atoms with Crippen LogP contribution in [0.2, 0.25) is 5.02 Å². The molecule has 7 rings (SSSR count). The van der Waals surface area contributed by atoms with Crippen LogP contribution in [-0.2, 0) is 15.0 Å². The first-order valence-electron chi connectivity index (χ1n) is 14.9. The number of para-hydroxylation sites is 1. The van der Waals surface area contributed by atoms with Gasteiger partial charge in [0.15, 0.2) is 0 Å². The largest absolute Gasteiger partial charge is 0.507 e. The number of nitrogens with zero attached hydrogens (tertiary/aromatic N) is 5. The maximum Gasteiger partial charge on any atom is 0.282 e. The van der Waals surface area contributed by atoms with E-state index in [0.29, 0.717) is 29.9 Å². The number of anilines is 2. The SMILES string of the molecule is C=CC(=O)N1CCN2c3c(c(=O)n(-c4ccccc4C4(C)CC4)c4nc(-c5c(O)cccc5F)c(Cl)cc34)N(C)C(=O)C[C@H]2C1. The lowest BCUT2D eigenvalue weighted by Crippen LogP contribution is -2.55. The number of hydrogen-bond donors (Lipinski definition) is 1. The van der Waals surface area contributed by atoms with Crippen LogP contribution in [0.15, 0.2) is 66.0 Å². The highest BCUT2D eigenvalue weighted by Gasteiger charge is 2.43. The van der Waals surface area contributed by atoms with Gasteiger partial charge in [-0.1, -0.05) is 49.4 Å². The Labute approximate surface area is 263 Å². The highest BCUT2D eigenvalue weighted by atomic mass is 35.5. The maximum absolute atomic E-state index is 15.2. The van der Waals surface area contributed by atoms with Gasteiger partial charge in [-0.15, -0.1) is 0 Å². The number of phenols is 1. The number of aromatic hydroxyl groups is 1. The van der Waals surface area contributed by atoms with E-state index in [4.69, 9.17) is 16.6 Å². The quantitative estimate of drug-likeness (QED) is 0.314. The Morgan fingerprint density at radius 3 is 2.60 bits per heavy atom. The summed E-state index contributed by atoms with van der Waals surface area (Å²) >= 11 is 6.85. The number of amides is 2. The molecule has 2 aromatic carbocycles. The summed E-state index contributed by atoms with van der Waals surface area (Å²) in [5, 5.41) is 11.2. The van der Waals surface area contributed by atoms with Crippen molar-refractivity contribution in [1.82, 2.24) is 14.5 Å². The minimum atomic E-state index is -0.716. The Morgan fingerprint density at radius 2 is 1.89 bits per heavy atom. The van der Waals surface area contributed by atoms with Gasteiger partial charge in [0.05, 0.1) is 33.7 Å². The monoisotopic (exact) mass is 627 g/mol. The molecule has 230 valence electrons. The maximum atomic E-state index is 15.2. The van der Waals surface area contributed by atoms with Crippen molar-refractivity contribution < 1.29 is 19.1 Å². The third kappa shape index (κ3) is 4.49. The van der Waals surface area contributed by atoms with Crippen LogP contribution in [0, 0.1) is 5.82 Å². The van der Waals surface area contributed by atoms with Crippen molar-refractivity contribution in [3.63, 3.8) is 0 Å². The molecule has 1 aliphatic carbocycles. The first-order valence-corrected chi connectivity index (χ1v) is 15.2. The summed E-state index contributed by atoms with van der Waals surface area (Å²) in [4.78, 5) is 50.9. The molecule has 2 amide bonds. The molecule has 2 aromatic heterocycles. The average Bonchev–Trinajstić information content (AvgIpc) is 3.79. The van der Waals surface area contributed by atoms with Crippen LogP contribution in [0.5, 0.6) is 5.75 Å². The fourth-order valence-electron chi connectivity index (χ4n) is 6.75. The van der Waals surface area contributed by atoms with Crippen molar-refractivity contribution in [1.29, 1.82) is 0 Å². The van der Waals surface area contributed by atoms with Gasteiger partial charge in [-0.2, -0.15) is 0 Å². The molecule has 0 spiro atoms. The van der Waals surface area contributed by atoms with Gasteiger partial charge in [0, 0.05) is 38.5 Å². The zero-order valence-electron chi connectivity index (χ0n) is 24.9. The highest BCUT2D eigenvalue weighted by Crippen LogP contribution is 2.50. The van der Waals surface area contributed by atoms with Gasteiger partial charge in [-0.25, -0.2) is 9.37 Å². The molecule has 0 bridgehead atoms. The summed E-state index contributed by atoms with van der Waals surface area (Å²) in [6, 6.07) is 12.8. The van der Waals surface area contributed by atoms with Crippen LogP contribution in [0.25, 0.3) is 28.0 Å². The molecule has 1 saturated heterocycles. The molecule has 0 radical (unpaired) electrons. The van der Waals surface area contributed by atoms with E-state index in [1.165, 1.54) is 33.7 Å². The van der Waals surface area contributed by atoms with E-state index < -0.39 is 17.4 Å². The fourth-order valence-corrected chi connectivity index (χ4v) is 6.99. The smallest absolute Gasteiger partial charge is 0.282 e. The van der Waals surface area contributed by atoms with E-state index in [1.807, 2.05) is 29.2 Å². The number of carbonyl (C=O) groups is 2. The number of hydrogen-bond acceptors (Lipinski definition) is 6. The summed E-state index contributed by atoms with van der Waals surface area (Å²) < 4.78 is 16.7. The van der Waals surface area contributed by atoms with Crippen LogP contribution >= 0.6 is 11.6 Å². The van der Waals surface area contributed by atoms with Crippen LogP contribution in [0.3, 0.4) is 0 Å². The molecule has 9 nitrogen and oxygen atoms in total. The van der Waals surface area contributed by atoms with Gasteiger partial charge in [0.1, 0.15) is 22.9 Å². The Balaban J connectivity index is 1.59. The minimum Gasteiger partial charge on any atom is -0.507 e. The van der Waals surface area contributed by atoms with Gasteiger partial charge < -0.3 is 19.8 Å². The molecule has 1 atom stereocenters. The van der Waals surface area contributed by atoms with Crippen molar-refractivity contribution in [3.05, 3.63) is 87.9 Å². The summed E-state index contributed by atoms with van der Waals surface area (Å²) in [5.74, 6) is -1.56. The van der Waals surface area contributed by atoms with Gasteiger partial charge in [0.25, 0.3) is 5.56 Å². The zero-order chi connectivity index (χ0) is 31.8. The van der Waals surface area contributed by atoms with Crippen LogP contribution in [-0.4, -0.2) is 64.1 Å². The van der Waals surface area contributed by atoms with E-state index in [-0.39, 0.29) is 63.6 Å². The van der Waals surface area contributed by atoms with Gasteiger partial charge >= 0.3 is 0 Å². The molecule has 1 saturated carbocycles. The lowest BCUT2D eigenvalue weighted by atomic mass is 9.96. The molecule has 4 heterocycles. The molecule has 4 aromatic rings. The van der Waals surface area contributed by atoms with Crippen molar-refractivity contribution >= 4 is 45.8 Å². The van der Waals surface area contributed by atoms with Crippen molar-refractivity contribution in [3.8, 4) is 22.7 Å². The number of rotatable bonds is 4. The Bertz CT molecular complexity index is 1980. The van der Waals surface area contributed by atoms with Crippen molar-refractivity contribution in [2.24, 2.45) is 0 Å². The lowest BCUT2D eigenvalue weighted by molar-refractivity contribution is -0.127. The second-order valence-electron chi connectivity index (χ2n) is 12.2. The number of fused-ring (bicyclic) bond motifs is 5. The molecule has 0 unspecified atom stereocenters. The number of piperazine rings is 1. The predicted octanol–water partition coefficient (Wildman–Crippen LogP) is 5.17. The molecular formula is C34H31ClFN5O4. The molecule has 2 aliphatic heterocycles. The van der Waals surface area contributed by atoms with Crippen molar-refractivity contribution in [2.45, 2.75) is 37.6 Å². The summed E-state index contributed by atoms with van der Waals surface area (Å²) in [6.45, 7) is 6.71. The molecule has 11 heteroatoms. The van der Waals surface area contributed by atoms with Crippen LogP contribution < -0.4 is 15.4 Å². The first-order chi connectivity index (χ1) is 21.5. The van der Waals surface area contributed by atoms with E-state index in [9.17, 15) is 19.5 Å². The van der Waals surface area contributed by atoms with Gasteiger partial charge in [-0.3, -0.25) is 19.0 Å². The lowest BCUT2D eigenvalue weighted by Gasteiger charge is -2.42. The molecule has 1 N–H and O–H groups in total. The van der Waals surface area contributed by atoms with Gasteiger partial charge in [-0.05, 0) is 54.2 Å². The topological polar surface area (TPSA) is 99.0 Å². The summed E-state index contributed by atoms with van der Waals surface area (Å²) in [6.07, 6.45) is 3.22. The molecule has 45 heavy (non-hydrogen) atoms. The van der Waals surface area contributed by atoms with Crippen LogP contribution in [0.4, 0.5) is 15.8 Å². The third-order valence-corrected chi connectivity index (χ3v) is 9.74. The third-order valence-electron chi connectivity index (χ3n) is 9.45. The normalized spacial score (nSPS) is 18.8. The second kappa shape index (κ2) is 10.4. The molecule has 2 fully saturated rings. The number of halogens is 2. The summed E-state index contributed by atoms with van der Waals surface area (Å²) in [5.41, 5.74) is 1.63. The van der Waals surface area contributed by atoms with E-state index in [0.717, 1.165) is 18.4 Å². The molecule has 3 aliphatic rings. The van der Waals surface area contributed by atoms with E-state index in [2.05, 4.69) is 13.5 Å².